The van der Waals surface area contributed by atoms with E-state index in [0.717, 1.165) is 11.3 Å². The highest BCUT2D eigenvalue weighted by Gasteiger charge is 2.06. The van der Waals surface area contributed by atoms with Crippen molar-refractivity contribution in [2.75, 3.05) is 11.9 Å². The third kappa shape index (κ3) is 3.84. The molecule has 6 heteroatoms. The average molecular weight is 326 g/mol. The van der Waals surface area contributed by atoms with Crippen molar-refractivity contribution < 1.29 is 13.9 Å². The minimum atomic E-state index is -0.512. The lowest BCUT2D eigenvalue weighted by Crippen LogP contribution is -2.12. The van der Waals surface area contributed by atoms with E-state index in [-0.39, 0.29) is 5.91 Å². The van der Waals surface area contributed by atoms with Gasteiger partial charge in [0, 0.05) is 12.1 Å². The van der Waals surface area contributed by atoms with Crippen molar-refractivity contribution in [2.24, 2.45) is 0 Å². The van der Waals surface area contributed by atoms with Crippen LogP contribution < -0.4 is 15.8 Å². The Bertz CT molecular complexity index is 911. The zero-order valence-electron chi connectivity index (χ0n) is 13.3. The smallest absolute Gasteiger partial charge is 0.417 e. The molecular weight excluding hydrogens is 308 g/mol. The number of H-pyrrole nitrogens is 1. The third-order valence-electron chi connectivity index (χ3n) is 3.60. The summed E-state index contributed by atoms with van der Waals surface area (Å²) in [6.07, 6.45) is 0.969. The molecule has 0 aliphatic heterocycles. The first-order valence-corrected chi connectivity index (χ1v) is 7.73. The molecule has 3 rings (SSSR count). The SMILES string of the molecule is Cc1ccccc1OCCCC(=O)Nc1ccc2oc(=O)[nH]c2c1. The van der Waals surface area contributed by atoms with E-state index in [9.17, 15) is 9.59 Å². The van der Waals surface area contributed by atoms with Crippen molar-refractivity contribution in [3.8, 4) is 5.75 Å². The normalized spacial score (nSPS) is 10.7. The van der Waals surface area contributed by atoms with Crippen LogP contribution in [0.2, 0.25) is 0 Å². The Morgan fingerprint density at radius 3 is 2.92 bits per heavy atom. The van der Waals surface area contributed by atoms with E-state index in [0.29, 0.717) is 36.2 Å². The van der Waals surface area contributed by atoms with E-state index < -0.39 is 5.76 Å². The highest BCUT2D eigenvalue weighted by Crippen LogP contribution is 2.18. The van der Waals surface area contributed by atoms with Crippen LogP contribution in [0.25, 0.3) is 11.1 Å². The summed E-state index contributed by atoms with van der Waals surface area (Å²) in [5, 5.41) is 2.80. The number of hydrogen-bond acceptors (Lipinski definition) is 4. The summed E-state index contributed by atoms with van der Waals surface area (Å²) in [5.41, 5.74) is 2.71. The number of aromatic nitrogens is 1. The molecular formula is C18H18N2O4. The zero-order chi connectivity index (χ0) is 16.9. The first kappa shape index (κ1) is 15.9. The summed E-state index contributed by atoms with van der Waals surface area (Å²) in [7, 11) is 0. The number of amides is 1. The van der Waals surface area contributed by atoms with E-state index in [1.54, 1.807) is 18.2 Å². The lowest BCUT2D eigenvalue weighted by molar-refractivity contribution is -0.116. The first-order chi connectivity index (χ1) is 11.6. The van der Waals surface area contributed by atoms with Crippen LogP contribution in [0.15, 0.2) is 51.7 Å². The van der Waals surface area contributed by atoms with E-state index in [1.807, 2.05) is 31.2 Å². The summed E-state index contributed by atoms with van der Waals surface area (Å²) in [6, 6.07) is 12.8. The van der Waals surface area contributed by atoms with Crippen molar-refractivity contribution in [3.05, 3.63) is 58.6 Å². The summed E-state index contributed by atoms with van der Waals surface area (Å²) < 4.78 is 10.6. The molecule has 1 aromatic heterocycles. The molecule has 0 saturated carbocycles. The number of fused-ring (bicyclic) bond motifs is 1. The van der Waals surface area contributed by atoms with Gasteiger partial charge in [0.1, 0.15) is 5.75 Å². The average Bonchev–Trinajstić information content (AvgIpc) is 2.92. The summed E-state index contributed by atoms with van der Waals surface area (Å²) >= 11 is 0. The molecule has 124 valence electrons. The number of carbonyl (C=O) groups is 1. The van der Waals surface area contributed by atoms with Crippen LogP contribution in [0.3, 0.4) is 0 Å². The molecule has 2 N–H and O–H groups in total. The first-order valence-electron chi connectivity index (χ1n) is 7.73. The van der Waals surface area contributed by atoms with E-state index >= 15 is 0 Å². The second kappa shape index (κ2) is 7.04. The maximum Gasteiger partial charge on any atom is 0.417 e. The molecule has 1 heterocycles. The van der Waals surface area contributed by atoms with Crippen molar-refractivity contribution in [3.63, 3.8) is 0 Å². The topological polar surface area (TPSA) is 84.3 Å². The fraction of sp³-hybridized carbons (Fsp3) is 0.222. The van der Waals surface area contributed by atoms with E-state index in [4.69, 9.17) is 9.15 Å². The summed E-state index contributed by atoms with van der Waals surface area (Å²) in [5.74, 6) is 0.225. The highest BCUT2D eigenvalue weighted by atomic mass is 16.5. The van der Waals surface area contributed by atoms with Crippen LogP contribution >= 0.6 is 0 Å². The van der Waals surface area contributed by atoms with Gasteiger partial charge in [-0.1, -0.05) is 18.2 Å². The maximum absolute atomic E-state index is 12.0. The van der Waals surface area contributed by atoms with Crippen molar-refractivity contribution in [2.45, 2.75) is 19.8 Å². The Balaban J connectivity index is 1.48. The van der Waals surface area contributed by atoms with Gasteiger partial charge >= 0.3 is 5.76 Å². The molecule has 0 aliphatic carbocycles. The predicted octanol–water partition coefficient (Wildman–Crippen LogP) is 3.23. The standard InChI is InChI=1S/C18H18N2O4/c1-12-5-2-3-6-15(12)23-10-4-7-17(21)19-13-8-9-16-14(11-13)20-18(22)24-16/h2-3,5-6,8-9,11H,4,7,10H2,1H3,(H,19,21)(H,20,22). The molecule has 1 amide bonds. The third-order valence-corrected chi connectivity index (χ3v) is 3.60. The van der Waals surface area contributed by atoms with Gasteiger partial charge in [-0.25, -0.2) is 4.79 Å². The number of para-hydroxylation sites is 1. The van der Waals surface area contributed by atoms with Crippen molar-refractivity contribution in [1.82, 2.24) is 4.98 Å². The molecule has 0 spiro atoms. The molecule has 2 aromatic carbocycles. The Labute approximate surface area is 138 Å². The Morgan fingerprint density at radius 2 is 2.08 bits per heavy atom. The molecule has 0 saturated heterocycles. The number of anilines is 1. The monoisotopic (exact) mass is 326 g/mol. The van der Waals surface area contributed by atoms with Crippen LogP contribution in [-0.4, -0.2) is 17.5 Å². The van der Waals surface area contributed by atoms with Gasteiger partial charge in [-0.3, -0.25) is 9.78 Å². The Hall–Kier alpha value is -3.02. The number of aromatic amines is 1. The fourth-order valence-electron chi connectivity index (χ4n) is 2.39. The van der Waals surface area contributed by atoms with Crippen LogP contribution in [0.4, 0.5) is 5.69 Å². The van der Waals surface area contributed by atoms with Gasteiger partial charge in [-0.15, -0.1) is 0 Å². The summed E-state index contributed by atoms with van der Waals surface area (Å²) in [4.78, 5) is 25.6. The Morgan fingerprint density at radius 1 is 1.25 bits per heavy atom. The lowest BCUT2D eigenvalue weighted by atomic mass is 10.2. The molecule has 3 aromatic rings. The maximum atomic E-state index is 12.0. The molecule has 24 heavy (non-hydrogen) atoms. The lowest BCUT2D eigenvalue weighted by Gasteiger charge is -2.09. The zero-order valence-corrected chi connectivity index (χ0v) is 13.3. The molecule has 0 radical (unpaired) electrons. The number of hydrogen-bond donors (Lipinski definition) is 2. The number of aryl methyl sites for hydroxylation is 1. The van der Waals surface area contributed by atoms with Gasteiger partial charge in [0.15, 0.2) is 5.58 Å². The molecule has 0 unspecified atom stereocenters. The highest BCUT2D eigenvalue weighted by molar-refractivity contribution is 5.92. The predicted molar refractivity (Wildman–Crippen MR) is 91.4 cm³/mol. The van der Waals surface area contributed by atoms with Crippen LogP contribution in [0, 0.1) is 6.92 Å². The molecule has 6 nitrogen and oxygen atoms in total. The van der Waals surface area contributed by atoms with Crippen molar-refractivity contribution in [1.29, 1.82) is 0 Å². The van der Waals surface area contributed by atoms with Gasteiger partial charge in [0.05, 0.1) is 12.1 Å². The van der Waals surface area contributed by atoms with E-state index in [2.05, 4.69) is 10.3 Å². The number of carbonyl (C=O) groups excluding carboxylic acids is 1. The van der Waals surface area contributed by atoms with Gasteiger partial charge in [0.25, 0.3) is 0 Å². The van der Waals surface area contributed by atoms with Crippen LogP contribution in [-0.2, 0) is 4.79 Å². The van der Waals surface area contributed by atoms with Crippen LogP contribution in [0.1, 0.15) is 18.4 Å². The van der Waals surface area contributed by atoms with Gasteiger partial charge in [0.2, 0.25) is 5.91 Å². The Kier molecular flexibility index (Phi) is 4.65. The summed E-state index contributed by atoms with van der Waals surface area (Å²) in [6.45, 7) is 2.46. The minimum absolute atomic E-state index is 0.103. The number of benzene rings is 2. The van der Waals surface area contributed by atoms with Gasteiger partial charge in [-0.05, 0) is 43.2 Å². The largest absolute Gasteiger partial charge is 0.493 e. The quantitative estimate of drug-likeness (QED) is 0.681. The molecule has 0 aliphatic rings. The number of ether oxygens (including phenoxy) is 1. The number of oxazole rings is 1. The molecule has 0 bridgehead atoms. The van der Waals surface area contributed by atoms with Crippen LogP contribution in [0.5, 0.6) is 5.75 Å². The molecule has 0 atom stereocenters. The van der Waals surface area contributed by atoms with E-state index in [1.165, 1.54) is 0 Å². The second-order valence-electron chi connectivity index (χ2n) is 5.49. The minimum Gasteiger partial charge on any atom is -0.493 e. The number of rotatable bonds is 6. The van der Waals surface area contributed by atoms with Crippen molar-refractivity contribution >= 4 is 22.7 Å². The molecule has 0 fully saturated rings. The number of nitrogens with one attached hydrogen (secondary N) is 2. The van der Waals surface area contributed by atoms with Gasteiger partial charge < -0.3 is 14.5 Å². The fourth-order valence-corrected chi connectivity index (χ4v) is 2.39. The van der Waals surface area contributed by atoms with Gasteiger partial charge in [-0.2, -0.15) is 0 Å². The second-order valence-corrected chi connectivity index (χ2v) is 5.49.